The summed E-state index contributed by atoms with van der Waals surface area (Å²) in [6, 6.07) is 4.25. The van der Waals surface area contributed by atoms with Crippen LogP contribution >= 0.6 is 0 Å². The maximum absolute atomic E-state index is 9.44. The van der Waals surface area contributed by atoms with Crippen molar-refractivity contribution in [1.82, 2.24) is 0 Å². The lowest BCUT2D eigenvalue weighted by Gasteiger charge is -2.13. The first-order valence-corrected chi connectivity index (χ1v) is 6.43. The van der Waals surface area contributed by atoms with Crippen molar-refractivity contribution < 1.29 is 9.84 Å². The highest BCUT2D eigenvalue weighted by molar-refractivity contribution is 5.41. The van der Waals surface area contributed by atoms with Gasteiger partial charge in [0.2, 0.25) is 0 Å². The second-order valence-electron chi connectivity index (χ2n) is 4.76. The van der Waals surface area contributed by atoms with Crippen LogP contribution in [0.2, 0.25) is 0 Å². The van der Waals surface area contributed by atoms with E-state index in [0.29, 0.717) is 6.61 Å². The van der Waals surface area contributed by atoms with Gasteiger partial charge in [-0.2, -0.15) is 0 Å². The summed E-state index contributed by atoms with van der Waals surface area (Å²) >= 11 is 0. The van der Waals surface area contributed by atoms with Crippen LogP contribution in [-0.4, -0.2) is 17.8 Å². The van der Waals surface area contributed by atoms with Crippen molar-refractivity contribution in [1.29, 1.82) is 0 Å². The Bertz CT molecular complexity index is 358. The summed E-state index contributed by atoms with van der Waals surface area (Å²) in [6.07, 6.45) is 2.36. The van der Waals surface area contributed by atoms with Crippen molar-refractivity contribution in [3.05, 3.63) is 28.8 Å². The van der Waals surface area contributed by atoms with E-state index in [-0.39, 0.29) is 6.10 Å². The van der Waals surface area contributed by atoms with Crippen molar-refractivity contribution in [2.75, 3.05) is 6.61 Å². The van der Waals surface area contributed by atoms with Gasteiger partial charge in [-0.25, -0.2) is 0 Å². The highest BCUT2D eigenvalue weighted by Crippen LogP contribution is 2.23. The van der Waals surface area contributed by atoms with Gasteiger partial charge in [0.1, 0.15) is 5.75 Å². The number of rotatable bonds is 6. The van der Waals surface area contributed by atoms with Crippen LogP contribution in [0.3, 0.4) is 0 Å². The first-order valence-electron chi connectivity index (χ1n) is 6.43. The number of ether oxygens (including phenoxy) is 1. The fraction of sp³-hybridized carbons (Fsp3) is 0.600. The number of aliphatic hydroxyl groups excluding tert-OH is 1. The molecular weight excluding hydrogens is 212 g/mol. The molecule has 0 saturated heterocycles. The maximum atomic E-state index is 9.44. The summed E-state index contributed by atoms with van der Waals surface area (Å²) < 4.78 is 5.78. The molecule has 0 spiro atoms. The lowest BCUT2D eigenvalue weighted by Crippen LogP contribution is -2.08. The number of aryl methyl sites for hydroxylation is 2. The van der Waals surface area contributed by atoms with Crippen molar-refractivity contribution in [2.45, 2.75) is 53.1 Å². The third kappa shape index (κ3) is 4.39. The second-order valence-corrected chi connectivity index (χ2v) is 4.76. The molecular formula is C15H24O2. The lowest BCUT2D eigenvalue weighted by molar-refractivity contribution is 0.148. The van der Waals surface area contributed by atoms with Crippen LogP contribution in [-0.2, 0) is 0 Å². The third-order valence-electron chi connectivity index (χ3n) is 3.17. The quantitative estimate of drug-likeness (QED) is 0.765. The van der Waals surface area contributed by atoms with E-state index in [1.54, 1.807) is 0 Å². The average Bonchev–Trinajstić information content (AvgIpc) is 2.30. The Morgan fingerprint density at radius 2 is 1.94 bits per heavy atom. The predicted molar refractivity (Wildman–Crippen MR) is 71.7 cm³/mol. The van der Waals surface area contributed by atoms with Crippen LogP contribution in [0, 0.1) is 20.8 Å². The van der Waals surface area contributed by atoms with Crippen LogP contribution < -0.4 is 4.74 Å². The van der Waals surface area contributed by atoms with Gasteiger partial charge in [-0.15, -0.1) is 0 Å². The van der Waals surface area contributed by atoms with Gasteiger partial charge in [0.25, 0.3) is 0 Å². The molecule has 0 radical (unpaired) electrons. The molecule has 0 aliphatic rings. The highest BCUT2D eigenvalue weighted by atomic mass is 16.5. The minimum absolute atomic E-state index is 0.182. The molecule has 1 aromatic carbocycles. The average molecular weight is 236 g/mol. The Hall–Kier alpha value is -1.02. The Morgan fingerprint density at radius 1 is 1.24 bits per heavy atom. The molecule has 0 aliphatic carbocycles. The molecule has 0 heterocycles. The zero-order chi connectivity index (χ0) is 12.8. The fourth-order valence-electron chi connectivity index (χ4n) is 1.86. The summed E-state index contributed by atoms with van der Waals surface area (Å²) in [5, 5.41) is 9.44. The van der Waals surface area contributed by atoms with E-state index >= 15 is 0 Å². The maximum Gasteiger partial charge on any atom is 0.122 e. The van der Waals surface area contributed by atoms with Gasteiger partial charge in [-0.05, 0) is 62.8 Å². The second kappa shape index (κ2) is 6.65. The zero-order valence-corrected chi connectivity index (χ0v) is 11.4. The third-order valence-corrected chi connectivity index (χ3v) is 3.17. The summed E-state index contributed by atoms with van der Waals surface area (Å²) in [5.41, 5.74) is 3.72. The van der Waals surface area contributed by atoms with Crippen molar-refractivity contribution in [2.24, 2.45) is 0 Å². The first-order chi connectivity index (χ1) is 8.04. The fourth-order valence-corrected chi connectivity index (χ4v) is 1.86. The number of hydrogen-bond acceptors (Lipinski definition) is 2. The zero-order valence-electron chi connectivity index (χ0n) is 11.4. The van der Waals surface area contributed by atoms with Gasteiger partial charge in [-0.1, -0.05) is 13.0 Å². The molecule has 0 fully saturated rings. The molecule has 2 nitrogen and oxygen atoms in total. The van der Waals surface area contributed by atoms with Crippen LogP contribution in [0.1, 0.15) is 42.9 Å². The topological polar surface area (TPSA) is 29.5 Å². The molecule has 1 unspecified atom stereocenters. The summed E-state index contributed by atoms with van der Waals surface area (Å²) in [7, 11) is 0. The SMILES string of the molecule is CCC(O)CCCOc1cc(C)cc(C)c1C. The highest BCUT2D eigenvalue weighted by Gasteiger charge is 2.05. The summed E-state index contributed by atoms with van der Waals surface area (Å²) in [5.74, 6) is 0.980. The number of benzene rings is 1. The van der Waals surface area contributed by atoms with Crippen LogP contribution in [0.15, 0.2) is 12.1 Å². The predicted octanol–water partition coefficient (Wildman–Crippen LogP) is 3.54. The van der Waals surface area contributed by atoms with Gasteiger partial charge in [0.05, 0.1) is 12.7 Å². The number of aliphatic hydroxyl groups is 1. The van der Waals surface area contributed by atoms with Gasteiger partial charge < -0.3 is 9.84 Å². The molecule has 1 aromatic rings. The molecule has 1 N–H and O–H groups in total. The number of hydrogen-bond donors (Lipinski definition) is 1. The molecule has 0 saturated carbocycles. The monoisotopic (exact) mass is 236 g/mol. The van der Waals surface area contributed by atoms with E-state index in [4.69, 9.17) is 4.74 Å². The Morgan fingerprint density at radius 3 is 2.59 bits per heavy atom. The van der Waals surface area contributed by atoms with Crippen molar-refractivity contribution in [3.63, 3.8) is 0 Å². The van der Waals surface area contributed by atoms with Crippen LogP contribution in [0.4, 0.5) is 0 Å². The molecule has 17 heavy (non-hydrogen) atoms. The van der Waals surface area contributed by atoms with E-state index in [9.17, 15) is 5.11 Å². The Kier molecular flexibility index (Phi) is 5.49. The summed E-state index contributed by atoms with van der Waals surface area (Å²) in [6.45, 7) is 8.96. The molecule has 0 aliphatic heterocycles. The van der Waals surface area contributed by atoms with E-state index in [1.165, 1.54) is 16.7 Å². The molecule has 1 atom stereocenters. The molecule has 1 rings (SSSR count). The largest absolute Gasteiger partial charge is 0.493 e. The normalized spacial score (nSPS) is 12.5. The molecule has 96 valence electrons. The van der Waals surface area contributed by atoms with E-state index < -0.39 is 0 Å². The van der Waals surface area contributed by atoms with Crippen LogP contribution in [0.5, 0.6) is 5.75 Å². The van der Waals surface area contributed by atoms with E-state index in [2.05, 4.69) is 32.9 Å². The van der Waals surface area contributed by atoms with E-state index in [1.807, 2.05) is 6.92 Å². The molecule has 0 aromatic heterocycles. The standard InChI is InChI=1S/C15H24O2/c1-5-14(16)7-6-8-17-15-10-11(2)9-12(3)13(15)4/h9-10,14,16H,5-8H2,1-4H3. The van der Waals surface area contributed by atoms with Gasteiger partial charge in [0.15, 0.2) is 0 Å². The lowest BCUT2D eigenvalue weighted by atomic mass is 10.1. The van der Waals surface area contributed by atoms with Crippen LogP contribution in [0.25, 0.3) is 0 Å². The Labute approximate surface area is 105 Å². The van der Waals surface area contributed by atoms with Gasteiger partial charge in [-0.3, -0.25) is 0 Å². The molecule has 0 amide bonds. The first kappa shape index (κ1) is 14.0. The smallest absolute Gasteiger partial charge is 0.122 e. The minimum Gasteiger partial charge on any atom is -0.493 e. The molecule has 2 heteroatoms. The van der Waals surface area contributed by atoms with Gasteiger partial charge >= 0.3 is 0 Å². The van der Waals surface area contributed by atoms with Gasteiger partial charge in [0, 0.05) is 0 Å². The molecule has 0 bridgehead atoms. The van der Waals surface area contributed by atoms with Crippen molar-refractivity contribution >= 4 is 0 Å². The minimum atomic E-state index is -0.182. The van der Waals surface area contributed by atoms with Crippen molar-refractivity contribution in [3.8, 4) is 5.75 Å². The summed E-state index contributed by atoms with van der Waals surface area (Å²) in [4.78, 5) is 0. The Balaban J connectivity index is 2.47. The van der Waals surface area contributed by atoms with E-state index in [0.717, 1.165) is 25.0 Å².